The van der Waals surface area contributed by atoms with Gasteiger partial charge < -0.3 is 14.2 Å². The second kappa shape index (κ2) is 57.9. The summed E-state index contributed by atoms with van der Waals surface area (Å²) >= 11 is 0. The van der Waals surface area contributed by atoms with Crippen molar-refractivity contribution in [2.24, 2.45) is 0 Å². The van der Waals surface area contributed by atoms with Gasteiger partial charge in [-0.3, -0.25) is 9.59 Å². The normalized spacial score (nSPS) is 13.0. The van der Waals surface area contributed by atoms with E-state index < -0.39 is 6.10 Å². The van der Waals surface area contributed by atoms with Crippen molar-refractivity contribution in [1.29, 1.82) is 0 Å². The van der Waals surface area contributed by atoms with E-state index in [1.54, 1.807) is 0 Å². The van der Waals surface area contributed by atoms with Crippen LogP contribution in [0.3, 0.4) is 0 Å². The number of hydrogen-bond acceptors (Lipinski definition) is 5. The Balaban J connectivity index is 4.39. The lowest BCUT2D eigenvalue weighted by atomic mass is 10.1. The molecule has 0 radical (unpaired) electrons. The van der Waals surface area contributed by atoms with Crippen LogP contribution in [0, 0.1) is 0 Å². The van der Waals surface area contributed by atoms with Gasteiger partial charge in [-0.25, -0.2) is 0 Å². The second-order valence-corrected chi connectivity index (χ2v) is 18.4. The van der Waals surface area contributed by atoms with E-state index in [0.717, 1.165) is 96.3 Å². The Morgan fingerprint density at radius 2 is 0.676 bits per heavy atom. The van der Waals surface area contributed by atoms with Crippen molar-refractivity contribution in [3.05, 3.63) is 109 Å². The first-order chi connectivity index (χ1) is 33.6. The van der Waals surface area contributed by atoms with E-state index in [0.29, 0.717) is 19.4 Å². The summed E-state index contributed by atoms with van der Waals surface area (Å²) in [6.07, 6.45) is 79.7. The summed E-state index contributed by atoms with van der Waals surface area (Å²) in [4.78, 5) is 25.5. The van der Waals surface area contributed by atoms with Gasteiger partial charge in [0.15, 0.2) is 6.10 Å². The van der Waals surface area contributed by atoms with Gasteiger partial charge in [0, 0.05) is 19.4 Å². The molecule has 0 saturated carbocycles. The fourth-order valence-corrected chi connectivity index (χ4v) is 7.61. The predicted octanol–water partition coefficient (Wildman–Crippen LogP) is 19.6. The molecule has 0 bridgehead atoms. The van der Waals surface area contributed by atoms with Crippen LogP contribution in [0.2, 0.25) is 0 Å². The molecule has 1 unspecified atom stereocenters. The van der Waals surface area contributed by atoms with Crippen LogP contribution in [0.4, 0.5) is 0 Å². The maximum Gasteiger partial charge on any atom is 0.306 e. The van der Waals surface area contributed by atoms with Gasteiger partial charge in [-0.15, -0.1) is 0 Å². The lowest BCUT2D eigenvalue weighted by Crippen LogP contribution is -2.30. The summed E-state index contributed by atoms with van der Waals surface area (Å²) in [5, 5.41) is 0. The minimum absolute atomic E-state index is 0.0459. The molecule has 0 amide bonds. The molecule has 0 aliphatic heterocycles. The first-order valence-electron chi connectivity index (χ1n) is 28.4. The van der Waals surface area contributed by atoms with Gasteiger partial charge in [0.05, 0.1) is 6.61 Å². The molecule has 0 aromatic carbocycles. The van der Waals surface area contributed by atoms with Gasteiger partial charge >= 0.3 is 11.9 Å². The predicted molar refractivity (Wildman–Crippen MR) is 297 cm³/mol. The second-order valence-electron chi connectivity index (χ2n) is 18.4. The number of hydrogen-bond donors (Lipinski definition) is 0. The molecule has 388 valence electrons. The SMILES string of the molecule is CC/C=C\C/C=C\C/C=C\C/C=C\C/C=C\CCCC(=O)OCC(COCCCCCCCCCC/C=C\C/C=C\C/C=C\CC)OC(=O)CCCCCCCCC/C=C\CCCCCCCC. The Morgan fingerprint density at radius 3 is 1.12 bits per heavy atom. The Labute approximate surface area is 421 Å². The van der Waals surface area contributed by atoms with Crippen LogP contribution < -0.4 is 0 Å². The average molecular weight is 944 g/mol. The minimum atomic E-state index is -0.573. The maximum atomic E-state index is 12.9. The average Bonchev–Trinajstić information content (AvgIpc) is 3.34. The fourth-order valence-electron chi connectivity index (χ4n) is 7.61. The van der Waals surface area contributed by atoms with E-state index in [1.165, 1.54) is 122 Å². The van der Waals surface area contributed by atoms with E-state index in [2.05, 4.69) is 130 Å². The lowest BCUT2D eigenvalue weighted by Gasteiger charge is -2.18. The van der Waals surface area contributed by atoms with Gasteiger partial charge in [-0.2, -0.15) is 0 Å². The van der Waals surface area contributed by atoms with Gasteiger partial charge in [-0.05, 0) is 116 Å². The highest BCUT2D eigenvalue weighted by molar-refractivity contribution is 5.70. The van der Waals surface area contributed by atoms with E-state index >= 15 is 0 Å². The highest BCUT2D eigenvalue weighted by Crippen LogP contribution is 2.14. The van der Waals surface area contributed by atoms with Gasteiger partial charge in [-0.1, -0.05) is 233 Å². The van der Waals surface area contributed by atoms with Gasteiger partial charge in [0.2, 0.25) is 0 Å². The molecule has 0 N–H and O–H groups in total. The standard InChI is InChI=1S/C63H106O5/c1-4-7-10-13-16-19-22-25-28-31-34-37-40-43-46-49-52-55-58-66-59-61(68-63(65)57-54-51-48-45-42-39-36-33-30-27-24-21-18-15-12-9-6-3)60-67-62(64)56-53-50-47-44-41-38-35-32-29-26-23-20-17-14-11-8-5-2/h7-8,10-11,16-17,19-20,25-30,35,38,44,47,61H,4-6,9,12-15,18,21-24,31-34,36-37,39-43,45-46,48-60H2,1-3H3/b10-7-,11-8-,19-16-,20-17-,28-25-,29-26-,30-27-,38-35-,47-44-. The highest BCUT2D eigenvalue weighted by Gasteiger charge is 2.17. The summed E-state index contributed by atoms with van der Waals surface area (Å²) in [5.74, 6) is -0.474. The lowest BCUT2D eigenvalue weighted by molar-refractivity contribution is -0.163. The number of carbonyl (C=O) groups excluding carboxylic acids is 2. The molecule has 5 nitrogen and oxygen atoms in total. The quantitative estimate of drug-likeness (QED) is 0.0345. The van der Waals surface area contributed by atoms with Crippen molar-refractivity contribution < 1.29 is 23.8 Å². The van der Waals surface area contributed by atoms with Crippen LogP contribution in [0.1, 0.15) is 252 Å². The molecule has 5 heteroatoms. The van der Waals surface area contributed by atoms with Crippen LogP contribution in [0.15, 0.2) is 109 Å². The molecular weight excluding hydrogens is 837 g/mol. The number of allylic oxidation sites excluding steroid dienone is 18. The molecule has 0 aromatic rings. The van der Waals surface area contributed by atoms with Crippen molar-refractivity contribution in [1.82, 2.24) is 0 Å². The first-order valence-corrected chi connectivity index (χ1v) is 28.4. The van der Waals surface area contributed by atoms with E-state index in [4.69, 9.17) is 14.2 Å². The smallest absolute Gasteiger partial charge is 0.306 e. The Morgan fingerprint density at radius 1 is 0.338 bits per heavy atom. The molecule has 0 rings (SSSR count). The van der Waals surface area contributed by atoms with E-state index in [9.17, 15) is 9.59 Å². The molecule has 0 aliphatic carbocycles. The summed E-state index contributed by atoms with van der Waals surface area (Å²) in [6.45, 7) is 7.53. The van der Waals surface area contributed by atoms with Gasteiger partial charge in [0.1, 0.15) is 6.61 Å². The number of ether oxygens (including phenoxy) is 3. The Hall–Kier alpha value is -3.44. The van der Waals surface area contributed by atoms with Crippen LogP contribution in [-0.4, -0.2) is 37.9 Å². The van der Waals surface area contributed by atoms with Crippen LogP contribution in [0.5, 0.6) is 0 Å². The van der Waals surface area contributed by atoms with E-state index in [-0.39, 0.29) is 25.2 Å². The zero-order valence-electron chi connectivity index (χ0n) is 44.6. The molecule has 0 aliphatic rings. The minimum Gasteiger partial charge on any atom is -0.462 e. The summed E-state index contributed by atoms with van der Waals surface area (Å²) in [7, 11) is 0. The molecule has 0 aromatic heterocycles. The number of carbonyl (C=O) groups is 2. The topological polar surface area (TPSA) is 61.8 Å². The zero-order valence-corrected chi connectivity index (χ0v) is 44.6. The highest BCUT2D eigenvalue weighted by atomic mass is 16.6. The van der Waals surface area contributed by atoms with Crippen molar-refractivity contribution in [3.63, 3.8) is 0 Å². The first kappa shape index (κ1) is 64.6. The zero-order chi connectivity index (χ0) is 49.2. The van der Waals surface area contributed by atoms with Crippen LogP contribution in [-0.2, 0) is 23.8 Å². The molecule has 68 heavy (non-hydrogen) atoms. The van der Waals surface area contributed by atoms with Crippen molar-refractivity contribution in [3.8, 4) is 0 Å². The van der Waals surface area contributed by atoms with Crippen molar-refractivity contribution in [2.45, 2.75) is 258 Å². The molecule has 0 heterocycles. The summed E-state index contributed by atoms with van der Waals surface area (Å²) < 4.78 is 17.4. The summed E-state index contributed by atoms with van der Waals surface area (Å²) in [6, 6.07) is 0. The van der Waals surface area contributed by atoms with Crippen molar-refractivity contribution in [2.75, 3.05) is 19.8 Å². The number of rotatable bonds is 51. The third kappa shape index (κ3) is 55.2. The summed E-state index contributed by atoms with van der Waals surface area (Å²) in [5.41, 5.74) is 0. The maximum absolute atomic E-state index is 12.9. The monoisotopic (exact) mass is 943 g/mol. The fraction of sp³-hybridized carbons (Fsp3) is 0.683. The van der Waals surface area contributed by atoms with Gasteiger partial charge in [0.25, 0.3) is 0 Å². The molecular formula is C63H106O5. The van der Waals surface area contributed by atoms with Crippen molar-refractivity contribution >= 4 is 11.9 Å². The molecule has 0 saturated heterocycles. The molecule has 1 atom stereocenters. The Kier molecular flexibility index (Phi) is 54.9. The van der Waals surface area contributed by atoms with Crippen LogP contribution >= 0.6 is 0 Å². The van der Waals surface area contributed by atoms with E-state index in [1.807, 2.05) is 0 Å². The molecule has 0 spiro atoms. The largest absolute Gasteiger partial charge is 0.462 e. The molecule has 0 fully saturated rings. The van der Waals surface area contributed by atoms with Crippen LogP contribution in [0.25, 0.3) is 0 Å². The number of esters is 2. The Bertz CT molecular complexity index is 1340. The number of unbranched alkanes of at least 4 members (excludes halogenated alkanes) is 22. The third-order valence-corrected chi connectivity index (χ3v) is 11.8. The third-order valence-electron chi connectivity index (χ3n) is 11.8.